The summed E-state index contributed by atoms with van der Waals surface area (Å²) in [6, 6.07) is 27.0. The van der Waals surface area contributed by atoms with Crippen LogP contribution in [-0.2, 0) is 0 Å². The highest BCUT2D eigenvalue weighted by Gasteiger charge is 2.29. The maximum Gasteiger partial charge on any atom is 0.269 e. The van der Waals surface area contributed by atoms with Gasteiger partial charge in [-0.2, -0.15) is 0 Å². The van der Waals surface area contributed by atoms with Crippen LogP contribution in [0.3, 0.4) is 0 Å². The lowest BCUT2D eigenvalue weighted by atomic mass is 9.74. The Kier molecular flexibility index (Phi) is 8.93. The Hall–Kier alpha value is -5.38. The summed E-state index contributed by atoms with van der Waals surface area (Å²) in [6.45, 7) is 1.52. The second-order valence-corrected chi connectivity index (χ2v) is 9.93. The van der Waals surface area contributed by atoms with Crippen molar-refractivity contribution in [1.82, 2.24) is 0 Å². The molecule has 1 aliphatic rings. The molecule has 0 radical (unpaired) electrons. The summed E-state index contributed by atoms with van der Waals surface area (Å²) in [5.74, 6) is 3.38. The minimum Gasteiger partial charge on any atom is -0.457 e. The highest BCUT2D eigenvalue weighted by atomic mass is 16.6. The minimum atomic E-state index is -0.442. The van der Waals surface area contributed by atoms with E-state index in [1.54, 1.807) is 24.3 Å². The third-order valence-electron chi connectivity index (χ3n) is 7.06. The monoisotopic (exact) mass is 564 g/mol. The van der Waals surface area contributed by atoms with Crippen molar-refractivity contribution in [3.8, 4) is 23.0 Å². The molecule has 0 heterocycles. The van der Waals surface area contributed by atoms with Gasteiger partial charge in [0.15, 0.2) is 0 Å². The molecule has 4 aromatic rings. The number of non-ortho nitro benzene ring substituents is 2. The van der Waals surface area contributed by atoms with Gasteiger partial charge >= 0.3 is 0 Å². The summed E-state index contributed by atoms with van der Waals surface area (Å²) in [5.41, 5.74) is 1.99. The van der Waals surface area contributed by atoms with Crippen molar-refractivity contribution in [3.05, 3.63) is 128 Å². The molecule has 4 aromatic carbocycles. The van der Waals surface area contributed by atoms with Crippen LogP contribution in [-0.4, -0.2) is 35.4 Å². The normalized spacial score (nSPS) is 16.3. The number of hydrogen-bond acceptors (Lipinski definition) is 8. The Morgan fingerprint density at radius 3 is 1.17 bits per heavy atom. The number of hydrogen-bond donors (Lipinski definition) is 0. The van der Waals surface area contributed by atoms with E-state index in [0.717, 1.165) is 37.1 Å². The molecule has 0 aromatic heterocycles. The maximum atomic E-state index is 10.8. The predicted octanol–water partition coefficient (Wildman–Crippen LogP) is 7.65. The second-order valence-electron chi connectivity index (χ2n) is 9.93. The maximum absolute atomic E-state index is 10.8. The molecule has 0 bridgehead atoms. The summed E-state index contributed by atoms with van der Waals surface area (Å²) in [5, 5.41) is 21.6. The van der Waals surface area contributed by atoms with Gasteiger partial charge in [-0.15, -0.1) is 0 Å². The molecule has 0 amide bonds. The fourth-order valence-corrected chi connectivity index (χ4v) is 4.49. The zero-order valence-electron chi connectivity index (χ0n) is 22.6. The molecule has 0 aliphatic heterocycles. The largest absolute Gasteiger partial charge is 0.457 e. The minimum absolute atomic E-state index is 0.0229. The van der Waals surface area contributed by atoms with E-state index in [1.165, 1.54) is 24.3 Å². The molecule has 5 rings (SSSR count). The van der Waals surface area contributed by atoms with Crippen molar-refractivity contribution in [3.63, 3.8) is 0 Å². The number of nitro benzene ring substituents is 2. The smallest absolute Gasteiger partial charge is 0.269 e. The molecule has 42 heavy (non-hydrogen) atoms. The Balaban J connectivity index is 1.04. The number of rotatable bonds is 12. The Morgan fingerprint density at radius 2 is 0.881 bits per heavy atom. The number of ether oxygens (including phenoxy) is 2. The van der Waals surface area contributed by atoms with Gasteiger partial charge in [0.2, 0.25) is 0 Å². The highest BCUT2D eigenvalue weighted by Crippen LogP contribution is 2.34. The van der Waals surface area contributed by atoms with E-state index < -0.39 is 9.85 Å². The fourth-order valence-electron chi connectivity index (χ4n) is 4.49. The van der Waals surface area contributed by atoms with Gasteiger partial charge in [0.25, 0.3) is 11.4 Å². The lowest BCUT2D eigenvalue weighted by molar-refractivity contribution is -0.385. The van der Waals surface area contributed by atoms with E-state index in [4.69, 9.17) is 9.47 Å². The van der Waals surface area contributed by atoms with Gasteiger partial charge < -0.3 is 9.47 Å². The topological polar surface area (TPSA) is 129 Å². The van der Waals surface area contributed by atoms with Crippen LogP contribution in [0.25, 0.3) is 0 Å². The average molecular weight is 565 g/mol. The van der Waals surface area contributed by atoms with Crippen LogP contribution in [0.15, 0.2) is 107 Å². The van der Waals surface area contributed by atoms with Crippen molar-refractivity contribution in [2.45, 2.75) is 12.8 Å². The van der Waals surface area contributed by atoms with Crippen LogP contribution in [0.2, 0.25) is 0 Å². The van der Waals surface area contributed by atoms with E-state index in [-0.39, 0.29) is 11.4 Å². The Morgan fingerprint density at radius 1 is 0.571 bits per heavy atom. The molecular weight excluding hydrogens is 536 g/mol. The third kappa shape index (κ3) is 7.63. The van der Waals surface area contributed by atoms with Crippen molar-refractivity contribution in [2.24, 2.45) is 21.8 Å². The van der Waals surface area contributed by atoms with Crippen LogP contribution in [0, 0.1) is 32.1 Å². The van der Waals surface area contributed by atoms with E-state index in [0.29, 0.717) is 34.8 Å². The molecule has 10 heteroatoms. The first-order valence-corrected chi connectivity index (χ1v) is 13.5. The average Bonchev–Trinajstić information content (AvgIpc) is 2.99. The predicted molar refractivity (Wildman–Crippen MR) is 160 cm³/mol. The van der Waals surface area contributed by atoms with Crippen molar-refractivity contribution < 1.29 is 19.3 Å². The van der Waals surface area contributed by atoms with Gasteiger partial charge in [0.1, 0.15) is 23.0 Å². The number of nitro groups is 2. The number of benzene rings is 4. The van der Waals surface area contributed by atoms with Crippen molar-refractivity contribution in [1.29, 1.82) is 0 Å². The zero-order chi connectivity index (χ0) is 29.3. The molecule has 1 saturated carbocycles. The van der Waals surface area contributed by atoms with E-state index in [9.17, 15) is 20.2 Å². The molecule has 0 saturated heterocycles. The molecule has 1 aliphatic carbocycles. The summed E-state index contributed by atoms with van der Waals surface area (Å²) in [4.78, 5) is 30.0. The molecule has 10 nitrogen and oxygen atoms in total. The van der Waals surface area contributed by atoms with Crippen molar-refractivity contribution in [2.75, 3.05) is 13.1 Å². The van der Waals surface area contributed by atoms with Gasteiger partial charge in [0, 0.05) is 49.8 Å². The van der Waals surface area contributed by atoms with Crippen LogP contribution in [0.5, 0.6) is 23.0 Å². The van der Waals surface area contributed by atoms with Crippen LogP contribution in [0.1, 0.15) is 24.0 Å². The first-order valence-electron chi connectivity index (χ1n) is 13.5. The molecule has 0 spiro atoms. The van der Waals surface area contributed by atoms with E-state index >= 15 is 0 Å². The zero-order valence-corrected chi connectivity index (χ0v) is 22.6. The number of aliphatic imine (C=N–C) groups is 2. The summed E-state index contributed by atoms with van der Waals surface area (Å²) in [6.07, 6.45) is 6.03. The molecule has 2 atom stereocenters. The highest BCUT2D eigenvalue weighted by molar-refractivity contribution is 5.80. The van der Waals surface area contributed by atoms with Gasteiger partial charge in [-0.1, -0.05) is 0 Å². The number of nitrogens with zero attached hydrogens (tertiary/aromatic N) is 4. The lowest BCUT2D eigenvalue weighted by Gasteiger charge is -2.34. The molecular formula is C32H28N4O6. The standard InChI is InChI=1S/C32H28N4O6/c37-35(38)27-7-15-31(16-8-27)41-29-11-1-23(2-12-29)19-33-21-25-5-6-26(25)22-34-20-24-3-13-30(14-4-24)42-32-17-9-28(10-18-32)36(39)40/h1-4,7-20,25-26H,5-6,21-22H2. The molecule has 1 fully saturated rings. The first kappa shape index (κ1) is 28.2. The summed E-state index contributed by atoms with van der Waals surface area (Å²) >= 11 is 0. The molecule has 212 valence electrons. The lowest BCUT2D eigenvalue weighted by Crippen LogP contribution is -2.30. The van der Waals surface area contributed by atoms with Crippen LogP contribution < -0.4 is 9.47 Å². The molecule has 0 N–H and O–H groups in total. The van der Waals surface area contributed by atoms with Gasteiger partial charge in [-0.05, 0) is 109 Å². The van der Waals surface area contributed by atoms with Gasteiger partial charge in [0.05, 0.1) is 9.85 Å². The summed E-state index contributed by atoms with van der Waals surface area (Å²) < 4.78 is 11.5. The van der Waals surface area contributed by atoms with Gasteiger partial charge in [-0.25, -0.2) is 0 Å². The third-order valence-corrected chi connectivity index (χ3v) is 7.06. The van der Waals surface area contributed by atoms with Crippen molar-refractivity contribution >= 4 is 23.8 Å². The van der Waals surface area contributed by atoms with Crippen LogP contribution >= 0.6 is 0 Å². The molecule has 2 unspecified atom stereocenters. The van der Waals surface area contributed by atoms with E-state index in [1.807, 2.05) is 61.0 Å². The van der Waals surface area contributed by atoms with E-state index in [2.05, 4.69) is 9.98 Å². The Labute approximate surface area is 242 Å². The second kappa shape index (κ2) is 13.3. The fraction of sp³-hybridized carbons (Fsp3) is 0.188. The quantitative estimate of drug-likeness (QED) is 0.0987. The van der Waals surface area contributed by atoms with Gasteiger partial charge in [-0.3, -0.25) is 30.2 Å². The van der Waals surface area contributed by atoms with Crippen LogP contribution in [0.4, 0.5) is 11.4 Å². The SMILES string of the molecule is O=[N+]([O-])c1ccc(Oc2ccc(C=NCC3CCC3CN=Cc3ccc(Oc4ccc([N+](=O)[O-])cc4)cc3)cc2)cc1. The summed E-state index contributed by atoms with van der Waals surface area (Å²) in [7, 11) is 0. The first-order chi connectivity index (χ1) is 20.4. The Bertz CT molecular complexity index is 1450.